The van der Waals surface area contributed by atoms with Gasteiger partial charge < -0.3 is 15.4 Å². The highest BCUT2D eigenvalue weighted by Crippen LogP contribution is 2.37. The predicted molar refractivity (Wildman–Crippen MR) is 186 cm³/mol. The molecule has 0 aliphatic heterocycles. The Balaban J connectivity index is 2.09. The van der Waals surface area contributed by atoms with Crippen molar-refractivity contribution in [1.82, 2.24) is 15.6 Å². The van der Waals surface area contributed by atoms with Crippen LogP contribution < -0.4 is 10.6 Å². The zero-order valence-electron chi connectivity index (χ0n) is 26.0. The highest BCUT2D eigenvalue weighted by molar-refractivity contribution is 8.77. The van der Waals surface area contributed by atoms with E-state index in [1.807, 2.05) is 19.9 Å². The van der Waals surface area contributed by atoms with Crippen molar-refractivity contribution in [3.05, 3.63) is 103 Å². The quantitative estimate of drug-likeness (QED) is 0.0554. The number of carbonyl (C=O) groups excluding carboxylic acids is 3. The van der Waals surface area contributed by atoms with Gasteiger partial charge in [0.25, 0.3) is 5.91 Å². The fourth-order valence-electron chi connectivity index (χ4n) is 3.51. The van der Waals surface area contributed by atoms with Gasteiger partial charge in [-0.1, -0.05) is 101 Å². The van der Waals surface area contributed by atoms with Gasteiger partial charge >= 0.3 is 0 Å². The summed E-state index contributed by atoms with van der Waals surface area (Å²) in [6.07, 6.45) is 36.8. The first kappa shape index (κ1) is 37.9. The number of rotatable bonds is 23. The number of hydrogen-bond donors (Lipinski definition) is 2. The molecule has 0 bridgehead atoms. The number of allylic oxidation sites excluding steroid dienone is 12. The zero-order valence-corrected chi connectivity index (χ0v) is 27.6. The molecule has 1 heterocycles. The maximum absolute atomic E-state index is 12.4. The van der Waals surface area contributed by atoms with Crippen molar-refractivity contribution in [1.29, 1.82) is 0 Å². The molecule has 0 saturated carbocycles. The van der Waals surface area contributed by atoms with Crippen LogP contribution in [0.15, 0.2) is 97.4 Å². The van der Waals surface area contributed by atoms with Crippen molar-refractivity contribution in [3.63, 3.8) is 0 Å². The first-order valence-corrected chi connectivity index (χ1v) is 17.4. The van der Waals surface area contributed by atoms with Crippen LogP contribution >= 0.6 is 21.6 Å². The lowest BCUT2D eigenvalue weighted by molar-refractivity contribution is -0.120. The summed E-state index contributed by atoms with van der Waals surface area (Å²) < 4.78 is -0.524. The van der Waals surface area contributed by atoms with E-state index in [-0.39, 0.29) is 11.8 Å². The normalized spacial score (nSPS) is 13.3. The Labute approximate surface area is 267 Å². The van der Waals surface area contributed by atoms with Gasteiger partial charge in [-0.25, -0.2) is 0 Å². The molecule has 2 amide bonds. The summed E-state index contributed by atoms with van der Waals surface area (Å²) in [7, 11) is 3.08. The molecule has 0 aromatic carbocycles. The summed E-state index contributed by atoms with van der Waals surface area (Å²) in [6.45, 7) is 6.52. The molecule has 1 unspecified atom stereocenters. The SMILES string of the molecule is CC/C=C\C/C=C\C/C=C\C/C=C\C/C=C\C/C=C\CCC(=O)NCCSSC(C)(C)C(C=O)NC(=O)c1cccnc1. The van der Waals surface area contributed by atoms with Crippen molar-refractivity contribution in [2.45, 2.75) is 82.9 Å². The van der Waals surface area contributed by atoms with E-state index in [1.165, 1.54) is 17.0 Å². The number of nitrogens with zero attached hydrogens (tertiary/aromatic N) is 1. The first-order valence-electron chi connectivity index (χ1n) is 15.0. The maximum atomic E-state index is 12.4. The van der Waals surface area contributed by atoms with Crippen LogP contribution in [0, 0.1) is 0 Å². The molecular weight excluding hydrogens is 575 g/mol. The number of aldehydes is 1. The molecule has 6 nitrogen and oxygen atoms in total. The van der Waals surface area contributed by atoms with Crippen LogP contribution in [0.4, 0.5) is 0 Å². The number of carbonyl (C=O) groups is 3. The predicted octanol–water partition coefficient (Wildman–Crippen LogP) is 8.13. The summed E-state index contributed by atoms with van der Waals surface area (Å²) in [5.41, 5.74) is 0.412. The lowest BCUT2D eigenvalue weighted by atomic mass is 10.0. The minimum atomic E-state index is -0.659. The lowest BCUT2D eigenvalue weighted by Gasteiger charge is -2.30. The van der Waals surface area contributed by atoms with Gasteiger partial charge in [-0.05, 0) is 70.9 Å². The number of amides is 2. The Morgan fingerprint density at radius 1 is 0.884 bits per heavy atom. The van der Waals surface area contributed by atoms with Crippen LogP contribution in [-0.4, -0.2) is 46.2 Å². The highest BCUT2D eigenvalue weighted by atomic mass is 33.1. The van der Waals surface area contributed by atoms with Crippen molar-refractivity contribution in [2.24, 2.45) is 0 Å². The molecule has 1 aromatic heterocycles. The molecule has 43 heavy (non-hydrogen) atoms. The van der Waals surface area contributed by atoms with Gasteiger partial charge in [0.15, 0.2) is 0 Å². The molecule has 0 aliphatic rings. The fraction of sp³-hybridized carbons (Fsp3) is 0.429. The Bertz CT molecular complexity index is 1090. The average Bonchev–Trinajstić information content (AvgIpc) is 3.01. The molecule has 0 spiro atoms. The lowest BCUT2D eigenvalue weighted by Crippen LogP contribution is -2.48. The third-order valence-electron chi connectivity index (χ3n) is 6.01. The standard InChI is InChI=1S/C35H49N3O3S2/c1-4-5-6-7-8-9-10-11-12-13-14-15-16-17-18-19-20-21-22-25-33(40)37-27-28-42-43-35(2,3)32(30-39)38-34(41)31-24-23-26-36-29-31/h5-6,8-9,11-12,14-15,17-18,20-21,23-24,26,29-30,32H,4,7,10,13,16,19,22,25,27-28H2,1-3H3,(H,37,40)(H,38,41)/b6-5-,9-8-,12-11-,15-14-,18-17-,21-20-. The summed E-state index contributed by atoms with van der Waals surface area (Å²) >= 11 is 0. The first-order chi connectivity index (χ1) is 20.9. The third kappa shape index (κ3) is 20.4. The van der Waals surface area contributed by atoms with E-state index in [9.17, 15) is 14.4 Å². The number of nitrogens with one attached hydrogen (secondary N) is 2. The Morgan fingerprint density at radius 2 is 1.44 bits per heavy atom. The van der Waals surface area contributed by atoms with Crippen LogP contribution in [0.5, 0.6) is 0 Å². The van der Waals surface area contributed by atoms with E-state index in [4.69, 9.17) is 0 Å². The van der Waals surface area contributed by atoms with E-state index in [2.05, 4.69) is 89.4 Å². The molecule has 0 saturated heterocycles. The molecule has 0 fully saturated rings. The van der Waals surface area contributed by atoms with Crippen molar-refractivity contribution in [2.75, 3.05) is 12.3 Å². The van der Waals surface area contributed by atoms with Gasteiger partial charge in [0, 0.05) is 35.9 Å². The second-order valence-corrected chi connectivity index (χ2v) is 13.2. The Morgan fingerprint density at radius 3 is 1.95 bits per heavy atom. The van der Waals surface area contributed by atoms with Crippen LogP contribution in [0.3, 0.4) is 0 Å². The zero-order chi connectivity index (χ0) is 31.4. The number of aromatic nitrogens is 1. The van der Waals surface area contributed by atoms with E-state index in [0.29, 0.717) is 30.7 Å². The summed E-state index contributed by atoms with van der Waals surface area (Å²) in [5, 5.41) is 5.72. The summed E-state index contributed by atoms with van der Waals surface area (Å²) in [5.74, 6) is 0.393. The number of hydrogen-bond acceptors (Lipinski definition) is 6. The van der Waals surface area contributed by atoms with E-state index < -0.39 is 10.8 Å². The molecule has 0 aliphatic carbocycles. The molecule has 1 aromatic rings. The molecule has 2 N–H and O–H groups in total. The van der Waals surface area contributed by atoms with Crippen LogP contribution in [-0.2, 0) is 9.59 Å². The minimum absolute atomic E-state index is 0.0268. The Kier molecular flexibility index (Phi) is 22.4. The van der Waals surface area contributed by atoms with Gasteiger partial charge in [-0.15, -0.1) is 0 Å². The monoisotopic (exact) mass is 623 g/mol. The van der Waals surface area contributed by atoms with Crippen LogP contribution in [0.1, 0.15) is 82.5 Å². The van der Waals surface area contributed by atoms with Crippen molar-refractivity contribution >= 4 is 39.7 Å². The van der Waals surface area contributed by atoms with Crippen LogP contribution in [0.2, 0.25) is 0 Å². The maximum Gasteiger partial charge on any atom is 0.253 e. The third-order valence-corrected chi connectivity index (χ3v) is 9.33. The van der Waals surface area contributed by atoms with E-state index >= 15 is 0 Å². The molecule has 234 valence electrons. The summed E-state index contributed by atoms with van der Waals surface area (Å²) in [4.78, 5) is 40.1. The number of pyridine rings is 1. The van der Waals surface area contributed by atoms with Gasteiger partial charge in [0.1, 0.15) is 6.29 Å². The average molecular weight is 624 g/mol. The Hall–Kier alpha value is -3.10. The van der Waals surface area contributed by atoms with Gasteiger partial charge in [0.2, 0.25) is 5.91 Å². The molecular formula is C35H49N3O3S2. The van der Waals surface area contributed by atoms with Crippen molar-refractivity contribution in [3.8, 4) is 0 Å². The fourth-order valence-corrected chi connectivity index (χ4v) is 6.03. The molecule has 8 heteroatoms. The highest BCUT2D eigenvalue weighted by Gasteiger charge is 2.32. The second-order valence-electron chi connectivity index (χ2n) is 10.1. The summed E-state index contributed by atoms with van der Waals surface area (Å²) in [6, 6.07) is 2.68. The minimum Gasteiger partial charge on any atom is -0.355 e. The molecule has 0 radical (unpaired) electrons. The smallest absolute Gasteiger partial charge is 0.253 e. The van der Waals surface area contributed by atoms with Crippen LogP contribution in [0.25, 0.3) is 0 Å². The van der Waals surface area contributed by atoms with Gasteiger partial charge in [0.05, 0.1) is 11.6 Å². The van der Waals surface area contributed by atoms with Crippen molar-refractivity contribution < 1.29 is 14.4 Å². The van der Waals surface area contributed by atoms with Gasteiger partial charge in [-0.2, -0.15) is 0 Å². The topological polar surface area (TPSA) is 88.2 Å². The molecule has 1 atom stereocenters. The largest absolute Gasteiger partial charge is 0.355 e. The molecule has 1 rings (SSSR count). The van der Waals surface area contributed by atoms with E-state index in [1.54, 1.807) is 29.1 Å². The van der Waals surface area contributed by atoms with E-state index in [0.717, 1.165) is 44.8 Å². The second kappa shape index (κ2) is 25.4. The van der Waals surface area contributed by atoms with Gasteiger partial charge in [-0.3, -0.25) is 14.6 Å².